The van der Waals surface area contributed by atoms with Gasteiger partial charge in [-0.05, 0) is 19.8 Å². The van der Waals surface area contributed by atoms with Crippen molar-refractivity contribution in [2.24, 2.45) is 0 Å². The third-order valence-corrected chi connectivity index (χ3v) is 6.57. The number of nitrogens with zero attached hydrogens (tertiary/aromatic N) is 1. The molecule has 1 aromatic heterocycles. The van der Waals surface area contributed by atoms with Crippen LogP contribution in [0.5, 0.6) is 0 Å². The molecule has 0 spiro atoms. The van der Waals surface area contributed by atoms with E-state index in [4.69, 9.17) is 9.72 Å². The van der Waals surface area contributed by atoms with Crippen molar-refractivity contribution in [3.8, 4) is 22.5 Å². The molecule has 2 aromatic carbocycles. The molecule has 176 valence electrons. The van der Waals surface area contributed by atoms with Crippen LogP contribution in [-0.2, 0) is 9.53 Å². The number of benzene rings is 2. The summed E-state index contributed by atoms with van der Waals surface area (Å²) >= 11 is 1.82. The van der Waals surface area contributed by atoms with Gasteiger partial charge < -0.3 is 9.72 Å². The lowest BCUT2D eigenvalue weighted by molar-refractivity contribution is -0.143. The van der Waals surface area contributed by atoms with Gasteiger partial charge in [0, 0.05) is 23.3 Å². The van der Waals surface area contributed by atoms with Gasteiger partial charge in [0.1, 0.15) is 0 Å². The largest absolute Gasteiger partial charge is 0.466 e. The minimum atomic E-state index is -0.0571. The average molecular weight is 465 g/mol. The monoisotopic (exact) mass is 464 g/mol. The number of imidazole rings is 1. The SMILES string of the molecule is CCOC(=O)CCCCCCCCCCSc1nc(-c2ccccc2)c(-c2ccccc2)[nH]1. The number of carbonyl (C=O) groups excluding carboxylic acids is 1. The quantitative estimate of drug-likeness (QED) is 0.141. The normalized spacial score (nSPS) is 10.9. The highest BCUT2D eigenvalue weighted by Gasteiger charge is 2.14. The molecule has 1 heterocycles. The van der Waals surface area contributed by atoms with Crippen molar-refractivity contribution in [3.63, 3.8) is 0 Å². The summed E-state index contributed by atoms with van der Waals surface area (Å²) in [6, 6.07) is 20.8. The summed E-state index contributed by atoms with van der Waals surface area (Å²) in [6.07, 6.45) is 10.1. The summed E-state index contributed by atoms with van der Waals surface area (Å²) in [5.41, 5.74) is 4.42. The summed E-state index contributed by atoms with van der Waals surface area (Å²) in [6.45, 7) is 2.34. The maximum atomic E-state index is 11.3. The van der Waals surface area contributed by atoms with Gasteiger partial charge in [0.15, 0.2) is 5.16 Å². The highest BCUT2D eigenvalue weighted by atomic mass is 32.2. The van der Waals surface area contributed by atoms with Crippen molar-refractivity contribution >= 4 is 17.7 Å². The number of esters is 1. The molecule has 3 rings (SSSR count). The predicted molar refractivity (Wildman–Crippen MR) is 138 cm³/mol. The number of thioether (sulfide) groups is 1. The number of carbonyl (C=O) groups is 1. The molecule has 0 amide bonds. The van der Waals surface area contributed by atoms with Crippen LogP contribution in [0.4, 0.5) is 0 Å². The number of aromatic amines is 1. The fourth-order valence-electron chi connectivity index (χ4n) is 3.87. The Morgan fingerprint density at radius 3 is 2.03 bits per heavy atom. The molecule has 0 saturated heterocycles. The first kappa shape index (κ1) is 25.1. The van der Waals surface area contributed by atoms with E-state index in [2.05, 4.69) is 53.5 Å². The van der Waals surface area contributed by atoms with Gasteiger partial charge in [0.05, 0.1) is 18.0 Å². The second-order valence-electron chi connectivity index (χ2n) is 8.23. The number of rotatable bonds is 15. The van der Waals surface area contributed by atoms with E-state index in [9.17, 15) is 4.79 Å². The zero-order valence-electron chi connectivity index (χ0n) is 19.7. The first-order chi connectivity index (χ1) is 16.3. The van der Waals surface area contributed by atoms with Crippen LogP contribution in [0.3, 0.4) is 0 Å². The van der Waals surface area contributed by atoms with Crippen molar-refractivity contribution in [2.45, 2.75) is 69.9 Å². The Morgan fingerprint density at radius 2 is 1.39 bits per heavy atom. The first-order valence-electron chi connectivity index (χ1n) is 12.3. The van der Waals surface area contributed by atoms with Crippen LogP contribution in [0.2, 0.25) is 0 Å². The van der Waals surface area contributed by atoms with Gasteiger partial charge in [-0.2, -0.15) is 0 Å². The van der Waals surface area contributed by atoms with E-state index in [1.54, 1.807) is 0 Å². The standard InChI is InChI=1S/C28H36N2O2S/c1-2-32-25(31)21-15-7-5-3-4-6-8-16-22-33-28-29-26(23-17-11-9-12-18-23)27(30-28)24-19-13-10-14-20-24/h9-14,17-20H,2-8,15-16,21-22H2,1H3,(H,29,30). The van der Waals surface area contributed by atoms with E-state index in [1.807, 2.05) is 30.8 Å². The summed E-state index contributed by atoms with van der Waals surface area (Å²) in [7, 11) is 0. The van der Waals surface area contributed by atoms with Gasteiger partial charge in [0.25, 0.3) is 0 Å². The van der Waals surface area contributed by atoms with Crippen LogP contribution in [0.15, 0.2) is 65.8 Å². The minimum absolute atomic E-state index is 0.0571. The number of hydrogen-bond acceptors (Lipinski definition) is 4. The molecule has 0 unspecified atom stereocenters. The maximum absolute atomic E-state index is 11.3. The summed E-state index contributed by atoms with van der Waals surface area (Å²) in [5.74, 6) is 1.02. The number of aromatic nitrogens is 2. The fourth-order valence-corrected chi connectivity index (χ4v) is 4.74. The maximum Gasteiger partial charge on any atom is 0.305 e. The Kier molecular flexibility index (Phi) is 11.1. The lowest BCUT2D eigenvalue weighted by atomic mass is 10.1. The molecule has 0 aliphatic heterocycles. The Hall–Kier alpha value is -2.53. The molecule has 1 N–H and O–H groups in total. The topological polar surface area (TPSA) is 55.0 Å². The second kappa shape index (κ2) is 14.6. The average Bonchev–Trinajstić information content (AvgIpc) is 3.28. The zero-order valence-corrected chi connectivity index (χ0v) is 20.5. The smallest absolute Gasteiger partial charge is 0.305 e. The Bertz CT molecular complexity index is 884. The molecule has 0 radical (unpaired) electrons. The third-order valence-electron chi connectivity index (χ3n) is 5.61. The summed E-state index contributed by atoms with van der Waals surface area (Å²) in [5, 5.41) is 0.995. The number of nitrogens with one attached hydrogen (secondary N) is 1. The van der Waals surface area contributed by atoms with Gasteiger partial charge >= 0.3 is 5.97 Å². The third kappa shape index (κ3) is 8.73. The van der Waals surface area contributed by atoms with E-state index < -0.39 is 0 Å². The van der Waals surface area contributed by atoms with E-state index in [1.165, 1.54) is 38.5 Å². The Balaban J connectivity index is 1.36. The van der Waals surface area contributed by atoms with Crippen LogP contribution in [0.1, 0.15) is 64.7 Å². The molecule has 0 fully saturated rings. The predicted octanol–water partition coefficient (Wildman–Crippen LogP) is 7.91. The molecule has 0 saturated carbocycles. The van der Waals surface area contributed by atoms with Gasteiger partial charge in [-0.3, -0.25) is 4.79 Å². The van der Waals surface area contributed by atoms with Crippen LogP contribution < -0.4 is 0 Å². The van der Waals surface area contributed by atoms with Crippen LogP contribution >= 0.6 is 11.8 Å². The lowest BCUT2D eigenvalue weighted by Crippen LogP contribution is -2.03. The number of hydrogen-bond donors (Lipinski definition) is 1. The lowest BCUT2D eigenvalue weighted by Gasteiger charge is -2.03. The Morgan fingerprint density at radius 1 is 0.818 bits per heavy atom. The van der Waals surface area contributed by atoms with Gasteiger partial charge in [-0.1, -0.05) is 111 Å². The van der Waals surface area contributed by atoms with E-state index >= 15 is 0 Å². The molecule has 33 heavy (non-hydrogen) atoms. The van der Waals surface area contributed by atoms with Crippen molar-refractivity contribution in [1.82, 2.24) is 9.97 Å². The molecule has 5 heteroatoms. The van der Waals surface area contributed by atoms with Gasteiger partial charge in [-0.25, -0.2) is 4.98 Å². The zero-order chi connectivity index (χ0) is 23.1. The van der Waals surface area contributed by atoms with Crippen LogP contribution in [0.25, 0.3) is 22.5 Å². The molecule has 4 nitrogen and oxygen atoms in total. The molecular weight excluding hydrogens is 428 g/mol. The van der Waals surface area contributed by atoms with Gasteiger partial charge in [-0.15, -0.1) is 0 Å². The molecular formula is C28H36N2O2S. The molecule has 0 bridgehead atoms. The van der Waals surface area contributed by atoms with Crippen LogP contribution in [-0.4, -0.2) is 28.3 Å². The van der Waals surface area contributed by atoms with E-state index in [0.717, 1.165) is 46.3 Å². The van der Waals surface area contributed by atoms with E-state index in [-0.39, 0.29) is 5.97 Å². The number of ether oxygens (including phenoxy) is 1. The minimum Gasteiger partial charge on any atom is -0.466 e. The molecule has 0 aliphatic carbocycles. The van der Waals surface area contributed by atoms with Gasteiger partial charge in [0.2, 0.25) is 0 Å². The summed E-state index contributed by atoms with van der Waals surface area (Å²) < 4.78 is 4.96. The van der Waals surface area contributed by atoms with E-state index in [0.29, 0.717) is 13.0 Å². The van der Waals surface area contributed by atoms with Crippen molar-refractivity contribution in [2.75, 3.05) is 12.4 Å². The number of H-pyrrole nitrogens is 1. The first-order valence-corrected chi connectivity index (χ1v) is 13.3. The Labute approximate surface area is 202 Å². The number of unbranched alkanes of at least 4 members (excludes halogenated alkanes) is 7. The molecule has 3 aromatic rings. The van der Waals surface area contributed by atoms with Crippen LogP contribution in [0, 0.1) is 0 Å². The van der Waals surface area contributed by atoms with Crippen molar-refractivity contribution in [3.05, 3.63) is 60.7 Å². The van der Waals surface area contributed by atoms with Crippen molar-refractivity contribution in [1.29, 1.82) is 0 Å². The second-order valence-corrected chi connectivity index (χ2v) is 9.31. The highest BCUT2D eigenvalue weighted by Crippen LogP contribution is 2.32. The summed E-state index contributed by atoms with van der Waals surface area (Å²) in [4.78, 5) is 19.8. The molecule has 0 aliphatic rings. The molecule has 0 atom stereocenters. The highest BCUT2D eigenvalue weighted by molar-refractivity contribution is 7.99. The van der Waals surface area contributed by atoms with Crippen molar-refractivity contribution < 1.29 is 9.53 Å². The fraction of sp³-hybridized carbons (Fsp3) is 0.429.